The van der Waals surface area contributed by atoms with Gasteiger partial charge in [-0.25, -0.2) is 9.59 Å². The Morgan fingerprint density at radius 1 is 0.980 bits per heavy atom. The SMILES string of the molecule is CO/N=C(/C(=O)OC)c1ccccc1COc1ccccc1C.C[C@H]1O[C@H](O[C@H]2[C@H](O)[C@@H](O)[C@@H](O)[C@H](O)[C@@H]2O)[C@@H](N)C[C@@H]1NC(=N)C(=O)O. The van der Waals surface area contributed by atoms with E-state index in [4.69, 9.17) is 40.0 Å². The van der Waals surface area contributed by atoms with Crippen molar-refractivity contribution in [2.75, 3.05) is 14.2 Å². The Balaban J connectivity index is 0.000000267. The molecule has 4 rings (SSSR count). The second kappa shape index (κ2) is 18.0. The summed E-state index contributed by atoms with van der Waals surface area (Å²) >= 11 is 0. The van der Waals surface area contributed by atoms with Crippen molar-refractivity contribution in [2.45, 2.75) is 88.0 Å². The molecule has 17 nitrogen and oxygen atoms in total. The number of aliphatic hydroxyl groups is 5. The molecule has 270 valence electrons. The summed E-state index contributed by atoms with van der Waals surface area (Å²) in [5, 5.41) is 71.4. The maximum Gasteiger partial charge on any atom is 0.370 e. The van der Waals surface area contributed by atoms with Crippen LogP contribution in [0.1, 0.15) is 30.0 Å². The zero-order chi connectivity index (χ0) is 36.4. The average Bonchev–Trinajstić information content (AvgIpc) is 3.09. The molecular formula is C32H44N4O13. The molecule has 1 aliphatic carbocycles. The third kappa shape index (κ3) is 9.93. The number of aliphatic carboxylic acids is 1. The first kappa shape index (κ1) is 39.2. The number of oxime groups is 1. The number of nitrogens with one attached hydrogen (secondary N) is 2. The van der Waals surface area contributed by atoms with Gasteiger partial charge in [0.1, 0.15) is 56.1 Å². The Bertz CT molecular complexity index is 1440. The second-order valence-electron chi connectivity index (χ2n) is 11.4. The number of hydrogen-bond acceptors (Lipinski definition) is 15. The number of nitrogens with zero attached hydrogens (tertiary/aromatic N) is 1. The number of carboxylic acids is 1. The van der Waals surface area contributed by atoms with E-state index in [2.05, 4.69) is 10.5 Å². The number of aryl methyl sites for hydroxylation is 1. The number of nitrogens with two attached hydrogens (primary N) is 1. The van der Waals surface area contributed by atoms with Crippen molar-refractivity contribution in [2.24, 2.45) is 10.9 Å². The number of carboxylic acid groups (broad SMARTS) is 1. The number of carbonyl (C=O) groups excluding carboxylic acids is 1. The molecule has 0 spiro atoms. The summed E-state index contributed by atoms with van der Waals surface area (Å²) < 4.78 is 21.6. The number of methoxy groups -OCH3 is 1. The van der Waals surface area contributed by atoms with Crippen LogP contribution in [0.2, 0.25) is 0 Å². The van der Waals surface area contributed by atoms with Crippen molar-refractivity contribution in [3.05, 3.63) is 65.2 Å². The van der Waals surface area contributed by atoms with Crippen LogP contribution in [0.5, 0.6) is 5.75 Å². The van der Waals surface area contributed by atoms with E-state index in [-0.39, 0.29) is 12.1 Å². The summed E-state index contributed by atoms with van der Waals surface area (Å²) in [4.78, 5) is 27.4. The number of rotatable bonds is 9. The van der Waals surface area contributed by atoms with Gasteiger partial charge >= 0.3 is 11.9 Å². The first-order valence-corrected chi connectivity index (χ1v) is 15.2. The maximum absolute atomic E-state index is 11.9. The lowest BCUT2D eigenvalue weighted by Crippen LogP contribution is -2.66. The van der Waals surface area contributed by atoms with E-state index >= 15 is 0 Å². The average molecular weight is 693 g/mol. The predicted molar refractivity (Wildman–Crippen MR) is 172 cm³/mol. The summed E-state index contributed by atoms with van der Waals surface area (Å²) in [5.41, 5.74) is 8.53. The molecule has 2 aliphatic rings. The molecule has 0 unspecified atom stereocenters. The molecule has 1 saturated carbocycles. The number of ether oxygens (including phenoxy) is 4. The van der Waals surface area contributed by atoms with Crippen LogP contribution < -0.4 is 15.8 Å². The first-order valence-electron chi connectivity index (χ1n) is 15.2. The molecule has 10 N–H and O–H groups in total. The quantitative estimate of drug-likeness (QED) is 0.0644. The molecule has 2 fully saturated rings. The van der Waals surface area contributed by atoms with E-state index in [1.165, 1.54) is 14.2 Å². The van der Waals surface area contributed by atoms with E-state index in [9.17, 15) is 35.1 Å². The van der Waals surface area contributed by atoms with Crippen molar-refractivity contribution in [1.29, 1.82) is 5.41 Å². The fourth-order valence-electron chi connectivity index (χ4n) is 5.21. The van der Waals surface area contributed by atoms with Crippen LogP contribution in [0.25, 0.3) is 0 Å². The van der Waals surface area contributed by atoms with Crippen molar-refractivity contribution in [1.82, 2.24) is 5.32 Å². The van der Waals surface area contributed by atoms with Crippen molar-refractivity contribution >= 4 is 23.5 Å². The first-order chi connectivity index (χ1) is 23.2. The minimum atomic E-state index is -1.74. The van der Waals surface area contributed by atoms with Gasteiger partial charge in [-0.05, 0) is 37.5 Å². The topological polar surface area (TPSA) is 276 Å². The number of benzene rings is 2. The molecule has 0 amide bonds. The van der Waals surface area contributed by atoms with Crippen LogP contribution in [0.15, 0.2) is 53.7 Å². The minimum Gasteiger partial charge on any atom is -0.489 e. The van der Waals surface area contributed by atoms with Crippen LogP contribution in [-0.2, 0) is 35.2 Å². The lowest BCUT2D eigenvalue weighted by atomic mass is 9.84. The molecule has 0 radical (unpaired) electrons. The summed E-state index contributed by atoms with van der Waals surface area (Å²) in [6.07, 6.45) is -11.7. The zero-order valence-electron chi connectivity index (χ0n) is 27.4. The summed E-state index contributed by atoms with van der Waals surface area (Å²) in [5.74, 6) is -1.91. The molecule has 49 heavy (non-hydrogen) atoms. The van der Waals surface area contributed by atoms with E-state index in [0.717, 1.165) is 16.9 Å². The minimum absolute atomic E-state index is 0.110. The molecule has 0 bridgehead atoms. The Morgan fingerprint density at radius 2 is 1.57 bits per heavy atom. The molecule has 2 aromatic carbocycles. The van der Waals surface area contributed by atoms with Crippen LogP contribution in [0.4, 0.5) is 0 Å². The highest BCUT2D eigenvalue weighted by molar-refractivity contribution is 6.43. The van der Waals surface area contributed by atoms with Gasteiger partial charge in [0.05, 0.1) is 25.3 Å². The normalized spacial score (nSPS) is 29.9. The number of carbonyl (C=O) groups is 2. The van der Waals surface area contributed by atoms with Gasteiger partial charge in [0.2, 0.25) is 5.84 Å². The number of amidine groups is 1. The second-order valence-corrected chi connectivity index (χ2v) is 11.4. The highest BCUT2D eigenvalue weighted by Crippen LogP contribution is 2.28. The van der Waals surface area contributed by atoms with Gasteiger partial charge in [0.25, 0.3) is 0 Å². The van der Waals surface area contributed by atoms with Crippen molar-refractivity contribution in [3.8, 4) is 5.75 Å². The summed E-state index contributed by atoms with van der Waals surface area (Å²) in [7, 11) is 2.69. The molecular weight excluding hydrogens is 648 g/mol. The maximum atomic E-state index is 11.9. The van der Waals surface area contributed by atoms with Gasteiger partial charge in [-0.3, -0.25) is 5.41 Å². The Morgan fingerprint density at radius 3 is 2.16 bits per heavy atom. The Hall–Kier alpha value is -4.20. The smallest absolute Gasteiger partial charge is 0.370 e. The number of aliphatic hydroxyl groups excluding tert-OH is 5. The van der Waals surface area contributed by atoms with Crippen molar-refractivity contribution in [3.63, 3.8) is 0 Å². The fraction of sp³-hybridized carbons (Fsp3) is 0.500. The monoisotopic (exact) mass is 692 g/mol. The molecule has 1 heterocycles. The highest BCUT2D eigenvalue weighted by atomic mass is 16.7. The molecule has 2 aromatic rings. The van der Waals surface area contributed by atoms with E-state index in [1.807, 2.05) is 49.4 Å². The zero-order valence-corrected chi connectivity index (χ0v) is 27.4. The fourth-order valence-corrected chi connectivity index (χ4v) is 5.21. The number of para-hydroxylation sites is 1. The predicted octanol–water partition coefficient (Wildman–Crippen LogP) is -1.23. The Kier molecular flexibility index (Phi) is 14.4. The van der Waals surface area contributed by atoms with Gasteiger partial charge in [0, 0.05) is 5.56 Å². The Labute approximate surface area is 282 Å². The summed E-state index contributed by atoms with van der Waals surface area (Å²) in [6, 6.07) is 13.7. The molecule has 1 aliphatic heterocycles. The largest absolute Gasteiger partial charge is 0.489 e. The van der Waals surface area contributed by atoms with Gasteiger partial charge in [-0.2, -0.15) is 0 Å². The third-order valence-electron chi connectivity index (χ3n) is 8.01. The lowest BCUT2D eigenvalue weighted by molar-refractivity contribution is -0.293. The van der Waals surface area contributed by atoms with Gasteiger partial charge < -0.3 is 65.5 Å². The van der Waals surface area contributed by atoms with E-state index in [1.54, 1.807) is 13.0 Å². The number of hydrogen-bond donors (Lipinski definition) is 9. The summed E-state index contributed by atoms with van der Waals surface area (Å²) in [6.45, 7) is 3.88. The van der Waals surface area contributed by atoms with Gasteiger partial charge in [0.15, 0.2) is 12.0 Å². The highest BCUT2D eigenvalue weighted by Gasteiger charge is 2.51. The molecule has 1 saturated heterocycles. The van der Waals surface area contributed by atoms with E-state index in [0.29, 0.717) is 12.2 Å². The van der Waals surface area contributed by atoms with E-state index < -0.39 is 78.9 Å². The van der Waals surface area contributed by atoms with Crippen LogP contribution in [0, 0.1) is 12.3 Å². The number of esters is 1. The van der Waals surface area contributed by atoms with Crippen LogP contribution in [0.3, 0.4) is 0 Å². The molecule has 17 heteroatoms. The van der Waals surface area contributed by atoms with Crippen LogP contribution in [-0.4, -0.2) is 129 Å². The van der Waals surface area contributed by atoms with Gasteiger partial charge in [-0.15, -0.1) is 0 Å². The molecule has 0 aromatic heterocycles. The van der Waals surface area contributed by atoms with Crippen molar-refractivity contribution < 1.29 is 64.0 Å². The van der Waals surface area contributed by atoms with Gasteiger partial charge in [-0.1, -0.05) is 47.6 Å². The lowest BCUT2D eigenvalue weighted by Gasteiger charge is -2.45. The third-order valence-corrected chi connectivity index (χ3v) is 8.01. The molecule has 10 atom stereocenters. The standard InChI is InChI=1S/C18H19NO4.C14H25N3O9/c1-13-8-4-7-11-16(13)23-12-14-9-5-6-10-15(14)17(19-22-3)18(20)21-2;1-3-5(17-12(16)13(23)24)2-4(15)14(25-3)26-11-9(21)7(19)6(18)8(20)10(11)22/h4-11H,12H2,1-3H3;3-11,14,18-22H,2,15H2,1H3,(H2,16,17)(H,23,24)/b19-17+;/t;3-,4+,5+,6-,7+,8+,9-,10+,11+,14-/m.1/s1. The van der Waals surface area contributed by atoms with Crippen LogP contribution >= 0.6 is 0 Å².